The molecule has 8 heteroatoms. The highest BCUT2D eigenvalue weighted by molar-refractivity contribution is 5.32. The van der Waals surface area contributed by atoms with Crippen molar-refractivity contribution in [1.29, 1.82) is 0 Å². The van der Waals surface area contributed by atoms with Crippen LogP contribution in [0.15, 0.2) is 44.7 Å². The van der Waals surface area contributed by atoms with Gasteiger partial charge in [-0.1, -0.05) is 19.7 Å². The van der Waals surface area contributed by atoms with Gasteiger partial charge >= 0.3 is 6.01 Å². The van der Waals surface area contributed by atoms with Gasteiger partial charge in [0.1, 0.15) is 39.6 Å². The van der Waals surface area contributed by atoms with Crippen molar-refractivity contribution in [2.45, 2.75) is 0 Å². The van der Waals surface area contributed by atoms with Gasteiger partial charge in [0.05, 0.1) is 25.0 Å². The minimum absolute atomic E-state index is 0.150. The monoisotopic (exact) mass is 338 g/mol. The lowest BCUT2D eigenvalue weighted by molar-refractivity contribution is 0.150. The Kier molecular flexibility index (Phi) is 10.1. The molecule has 132 valence electrons. The Morgan fingerprint density at radius 2 is 1.29 bits per heavy atom. The van der Waals surface area contributed by atoms with E-state index in [9.17, 15) is 0 Å². The normalized spacial score (nSPS) is 9.50. The molecule has 1 rings (SSSR count). The molecule has 24 heavy (non-hydrogen) atoms. The Balaban J connectivity index is 2.62. The van der Waals surface area contributed by atoms with Gasteiger partial charge in [-0.25, -0.2) is 0 Å². The Morgan fingerprint density at radius 1 is 0.750 bits per heavy atom. The van der Waals surface area contributed by atoms with Crippen molar-refractivity contribution in [3.8, 4) is 17.6 Å². The summed E-state index contributed by atoms with van der Waals surface area (Å²) in [5, 5.41) is 0. The van der Waals surface area contributed by atoms with Gasteiger partial charge in [-0.05, 0) is 0 Å². The van der Waals surface area contributed by atoms with Crippen LogP contribution in [0.2, 0.25) is 0 Å². The molecule has 0 fully saturated rings. The summed E-state index contributed by atoms with van der Waals surface area (Å²) in [6.07, 6.45) is 5.47. The van der Waals surface area contributed by atoms with Gasteiger partial charge < -0.3 is 28.4 Å². The van der Waals surface area contributed by atoms with E-state index in [-0.39, 0.29) is 25.1 Å². The molecule has 0 amide bonds. The number of hydrogen-bond acceptors (Lipinski definition) is 8. The standard InChI is InChI=1S/C16H22N2O6/c1-4-19-7-10-22-14-13-17-16(24-12-9-21-6-3)18-15(14)23-11-8-20-5-2/h4-6,13H,1-3,7-12H2. The highest BCUT2D eigenvalue weighted by Crippen LogP contribution is 2.25. The van der Waals surface area contributed by atoms with E-state index in [0.29, 0.717) is 32.2 Å². The first-order valence-electron chi connectivity index (χ1n) is 7.24. The van der Waals surface area contributed by atoms with E-state index < -0.39 is 0 Å². The van der Waals surface area contributed by atoms with Crippen LogP contribution in [-0.2, 0) is 14.2 Å². The summed E-state index contributed by atoms with van der Waals surface area (Å²) in [6, 6.07) is 0.150. The van der Waals surface area contributed by atoms with E-state index in [4.69, 9.17) is 28.4 Å². The van der Waals surface area contributed by atoms with Crippen molar-refractivity contribution in [3.05, 3.63) is 44.7 Å². The number of hydrogen-bond donors (Lipinski definition) is 0. The van der Waals surface area contributed by atoms with Gasteiger partial charge in [-0.15, -0.1) is 0 Å². The summed E-state index contributed by atoms with van der Waals surface area (Å²) in [5.41, 5.74) is 0. The summed E-state index contributed by atoms with van der Waals surface area (Å²) in [4.78, 5) is 8.21. The summed E-state index contributed by atoms with van der Waals surface area (Å²) in [6.45, 7) is 12.2. The molecule has 0 aliphatic heterocycles. The largest absolute Gasteiger partial charge is 0.498 e. The molecule has 0 aromatic carbocycles. The van der Waals surface area contributed by atoms with Crippen LogP contribution in [-0.4, -0.2) is 49.6 Å². The molecule has 0 aliphatic rings. The first kappa shape index (κ1) is 19.1. The van der Waals surface area contributed by atoms with Crippen LogP contribution in [0.25, 0.3) is 0 Å². The van der Waals surface area contributed by atoms with Gasteiger partial charge in [0.15, 0.2) is 5.75 Å². The molecule has 1 heterocycles. The van der Waals surface area contributed by atoms with Crippen molar-refractivity contribution < 1.29 is 28.4 Å². The third kappa shape index (κ3) is 7.92. The molecule has 0 N–H and O–H groups in total. The van der Waals surface area contributed by atoms with Gasteiger partial charge in [0.2, 0.25) is 0 Å². The van der Waals surface area contributed by atoms with Crippen LogP contribution in [0.3, 0.4) is 0 Å². The lowest BCUT2D eigenvalue weighted by Gasteiger charge is -2.12. The zero-order valence-corrected chi connectivity index (χ0v) is 13.5. The van der Waals surface area contributed by atoms with E-state index in [0.717, 1.165) is 0 Å². The van der Waals surface area contributed by atoms with Crippen LogP contribution in [0.4, 0.5) is 0 Å². The number of rotatable bonds is 15. The quantitative estimate of drug-likeness (QED) is 0.355. The lowest BCUT2D eigenvalue weighted by Crippen LogP contribution is -2.11. The Labute approximate surface area is 141 Å². The van der Waals surface area contributed by atoms with E-state index in [1.807, 2.05) is 0 Å². The number of ether oxygens (including phenoxy) is 6. The highest BCUT2D eigenvalue weighted by atomic mass is 16.6. The fraction of sp³-hybridized carbons (Fsp3) is 0.375. The van der Waals surface area contributed by atoms with E-state index in [1.165, 1.54) is 25.0 Å². The summed E-state index contributed by atoms with van der Waals surface area (Å²) in [5.74, 6) is 0.617. The molecule has 0 saturated heterocycles. The van der Waals surface area contributed by atoms with Gasteiger partial charge in [-0.3, -0.25) is 0 Å². The molecule has 0 saturated carbocycles. The first-order chi connectivity index (χ1) is 11.8. The minimum atomic E-state index is 0.150. The molecule has 1 aromatic rings. The van der Waals surface area contributed by atoms with Gasteiger partial charge in [-0.2, -0.15) is 9.97 Å². The molecule has 0 radical (unpaired) electrons. The molecule has 0 spiro atoms. The molecular weight excluding hydrogens is 316 g/mol. The predicted molar refractivity (Wildman–Crippen MR) is 87.0 cm³/mol. The summed E-state index contributed by atoms with van der Waals surface area (Å²) >= 11 is 0. The maximum absolute atomic E-state index is 5.53. The van der Waals surface area contributed by atoms with E-state index in [1.54, 1.807) is 0 Å². The van der Waals surface area contributed by atoms with E-state index >= 15 is 0 Å². The third-order valence-corrected chi connectivity index (χ3v) is 2.38. The Morgan fingerprint density at radius 3 is 1.88 bits per heavy atom. The van der Waals surface area contributed by atoms with Crippen LogP contribution >= 0.6 is 0 Å². The third-order valence-electron chi connectivity index (χ3n) is 2.38. The molecule has 0 unspecified atom stereocenters. The van der Waals surface area contributed by atoms with Gasteiger partial charge in [0.25, 0.3) is 5.88 Å². The molecule has 0 atom stereocenters. The van der Waals surface area contributed by atoms with Crippen molar-refractivity contribution in [2.75, 3.05) is 39.6 Å². The van der Waals surface area contributed by atoms with Crippen LogP contribution in [0.1, 0.15) is 0 Å². The Bertz CT molecular complexity index is 509. The zero-order valence-electron chi connectivity index (χ0n) is 13.5. The number of aromatic nitrogens is 2. The van der Waals surface area contributed by atoms with Crippen LogP contribution in [0, 0.1) is 0 Å². The van der Waals surface area contributed by atoms with Crippen molar-refractivity contribution in [1.82, 2.24) is 9.97 Å². The van der Waals surface area contributed by atoms with Crippen molar-refractivity contribution in [3.63, 3.8) is 0 Å². The number of nitrogens with zero attached hydrogens (tertiary/aromatic N) is 2. The van der Waals surface area contributed by atoms with Crippen LogP contribution in [0.5, 0.6) is 17.6 Å². The smallest absolute Gasteiger partial charge is 0.320 e. The van der Waals surface area contributed by atoms with Crippen LogP contribution < -0.4 is 14.2 Å². The second-order valence-corrected chi connectivity index (χ2v) is 3.98. The topological polar surface area (TPSA) is 81.2 Å². The zero-order chi connectivity index (χ0) is 17.5. The van der Waals surface area contributed by atoms with E-state index in [2.05, 4.69) is 29.7 Å². The average molecular weight is 338 g/mol. The SMILES string of the molecule is C=COCCOc1ncc(OCCOC=C)c(OCCOC=C)n1. The molecule has 8 nitrogen and oxygen atoms in total. The van der Waals surface area contributed by atoms with Crippen molar-refractivity contribution >= 4 is 0 Å². The minimum Gasteiger partial charge on any atom is -0.498 e. The second kappa shape index (κ2) is 12.6. The maximum Gasteiger partial charge on any atom is 0.320 e. The lowest BCUT2D eigenvalue weighted by atomic mass is 10.5. The Hall–Kier alpha value is -2.90. The fourth-order valence-electron chi connectivity index (χ4n) is 1.43. The summed E-state index contributed by atoms with van der Waals surface area (Å²) < 4.78 is 31.3. The van der Waals surface area contributed by atoms with Gasteiger partial charge in [0, 0.05) is 0 Å². The van der Waals surface area contributed by atoms with Crippen molar-refractivity contribution in [2.24, 2.45) is 0 Å². The molecule has 0 bridgehead atoms. The fourth-order valence-corrected chi connectivity index (χ4v) is 1.43. The maximum atomic E-state index is 5.53. The highest BCUT2D eigenvalue weighted by Gasteiger charge is 2.11. The average Bonchev–Trinajstić information content (AvgIpc) is 2.60. The first-order valence-corrected chi connectivity index (χ1v) is 7.24. The molecule has 0 aliphatic carbocycles. The molecule has 1 aromatic heterocycles. The summed E-state index contributed by atoms with van der Waals surface area (Å²) in [7, 11) is 0. The predicted octanol–water partition coefficient (Wildman–Crippen LogP) is 2.09. The molecular formula is C16H22N2O6. The second-order valence-electron chi connectivity index (χ2n) is 3.98.